The van der Waals surface area contributed by atoms with Gasteiger partial charge in [-0.2, -0.15) is 0 Å². The van der Waals surface area contributed by atoms with Crippen LogP contribution in [0.1, 0.15) is 16.8 Å². The molecule has 0 aromatic heterocycles. The first kappa shape index (κ1) is 18.1. The molecule has 6 nitrogen and oxygen atoms in total. The number of carbonyl (C=O) groups excluding carboxylic acids is 2. The van der Waals surface area contributed by atoms with Crippen LogP contribution >= 0.6 is 11.8 Å². The Balaban J connectivity index is 1.51. The summed E-state index contributed by atoms with van der Waals surface area (Å²) in [4.78, 5) is 24.8. The van der Waals surface area contributed by atoms with Gasteiger partial charge in [0.15, 0.2) is 0 Å². The largest absolute Gasteiger partial charge is 0.497 e. The number of hydrogen-bond acceptors (Lipinski definition) is 6. The standard InChI is InChI=1S/C19H19NO5S/c1-23-14-3-5-15(6-4-14)24-9-10-25-19(22)13-2-7-17-16(12-13)20-18(21)8-11-26-17/h2-7,12H,8-11H2,1H3,(H,20,21). The normalized spacial score (nSPS) is 13.2. The van der Waals surface area contributed by atoms with Crippen LogP contribution < -0.4 is 14.8 Å². The van der Waals surface area contributed by atoms with E-state index in [-0.39, 0.29) is 19.1 Å². The van der Waals surface area contributed by atoms with Gasteiger partial charge in [-0.05, 0) is 42.5 Å². The summed E-state index contributed by atoms with van der Waals surface area (Å²) in [6.45, 7) is 0.374. The van der Waals surface area contributed by atoms with Crippen molar-refractivity contribution in [3.05, 3.63) is 48.0 Å². The monoisotopic (exact) mass is 373 g/mol. The van der Waals surface area contributed by atoms with E-state index in [1.807, 2.05) is 6.07 Å². The molecule has 1 aliphatic rings. The lowest BCUT2D eigenvalue weighted by Crippen LogP contribution is -2.14. The molecule has 1 aliphatic heterocycles. The Bertz CT molecular complexity index is 791. The Morgan fingerprint density at radius 3 is 2.65 bits per heavy atom. The van der Waals surface area contributed by atoms with Crippen LogP contribution in [0, 0.1) is 0 Å². The van der Waals surface area contributed by atoms with E-state index in [0.29, 0.717) is 23.4 Å². The third kappa shape index (κ3) is 4.70. The first-order chi connectivity index (χ1) is 12.7. The van der Waals surface area contributed by atoms with Crippen molar-refractivity contribution in [1.29, 1.82) is 0 Å². The maximum Gasteiger partial charge on any atom is 0.338 e. The number of nitrogens with one attached hydrogen (secondary N) is 1. The number of benzene rings is 2. The topological polar surface area (TPSA) is 73.9 Å². The molecule has 0 saturated carbocycles. The molecule has 0 unspecified atom stereocenters. The van der Waals surface area contributed by atoms with Crippen molar-refractivity contribution in [2.45, 2.75) is 11.3 Å². The van der Waals surface area contributed by atoms with E-state index in [4.69, 9.17) is 14.2 Å². The van der Waals surface area contributed by atoms with Crippen molar-refractivity contribution >= 4 is 29.3 Å². The van der Waals surface area contributed by atoms with Crippen LogP contribution in [0.15, 0.2) is 47.4 Å². The summed E-state index contributed by atoms with van der Waals surface area (Å²) in [7, 11) is 1.60. The number of ether oxygens (including phenoxy) is 3. The Morgan fingerprint density at radius 1 is 1.12 bits per heavy atom. The average Bonchev–Trinajstić information content (AvgIpc) is 2.85. The molecule has 0 aliphatic carbocycles. The quantitative estimate of drug-likeness (QED) is 0.618. The Labute approximate surface area is 155 Å². The predicted octanol–water partition coefficient (Wildman–Crippen LogP) is 3.37. The van der Waals surface area contributed by atoms with E-state index in [2.05, 4.69) is 5.32 Å². The highest BCUT2D eigenvalue weighted by atomic mass is 32.2. The number of thioether (sulfide) groups is 1. The molecule has 0 radical (unpaired) electrons. The third-order valence-electron chi connectivity index (χ3n) is 3.72. The summed E-state index contributed by atoms with van der Waals surface area (Å²) in [6, 6.07) is 12.3. The molecule has 1 N–H and O–H groups in total. The molecule has 26 heavy (non-hydrogen) atoms. The Hall–Kier alpha value is -2.67. The van der Waals surface area contributed by atoms with Crippen molar-refractivity contribution in [3.8, 4) is 11.5 Å². The number of amides is 1. The van der Waals surface area contributed by atoms with Crippen molar-refractivity contribution in [3.63, 3.8) is 0 Å². The Kier molecular flexibility index (Phi) is 6.01. The highest BCUT2D eigenvalue weighted by Crippen LogP contribution is 2.31. The fourth-order valence-corrected chi connectivity index (χ4v) is 3.33. The average molecular weight is 373 g/mol. The molecule has 3 rings (SSSR count). The predicted molar refractivity (Wildman–Crippen MR) is 99.2 cm³/mol. The molecule has 1 heterocycles. The molecule has 0 saturated heterocycles. The minimum Gasteiger partial charge on any atom is -0.497 e. The minimum atomic E-state index is -0.449. The van der Waals surface area contributed by atoms with Gasteiger partial charge in [-0.25, -0.2) is 4.79 Å². The highest BCUT2D eigenvalue weighted by molar-refractivity contribution is 7.99. The maximum atomic E-state index is 12.2. The van der Waals surface area contributed by atoms with Gasteiger partial charge in [0.25, 0.3) is 0 Å². The third-order valence-corrected chi connectivity index (χ3v) is 4.80. The molecule has 0 bridgehead atoms. The van der Waals surface area contributed by atoms with Gasteiger partial charge >= 0.3 is 5.97 Å². The van der Waals surface area contributed by atoms with E-state index < -0.39 is 5.97 Å². The molecule has 0 fully saturated rings. The minimum absolute atomic E-state index is 0.0466. The Morgan fingerprint density at radius 2 is 1.88 bits per heavy atom. The lowest BCUT2D eigenvalue weighted by Gasteiger charge is -2.10. The molecule has 2 aromatic rings. The van der Waals surface area contributed by atoms with Crippen LogP contribution in [0.25, 0.3) is 0 Å². The van der Waals surface area contributed by atoms with E-state index in [9.17, 15) is 9.59 Å². The fourth-order valence-electron chi connectivity index (χ4n) is 2.40. The van der Waals surface area contributed by atoms with Gasteiger partial charge in [-0.1, -0.05) is 0 Å². The fraction of sp³-hybridized carbons (Fsp3) is 0.263. The molecule has 1 amide bonds. The van der Waals surface area contributed by atoms with Gasteiger partial charge in [0, 0.05) is 17.1 Å². The smallest absolute Gasteiger partial charge is 0.338 e. The van der Waals surface area contributed by atoms with E-state index in [0.717, 1.165) is 16.4 Å². The van der Waals surface area contributed by atoms with Gasteiger partial charge in [0.2, 0.25) is 5.91 Å². The molecular formula is C19H19NO5S. The second-order valence-corrected chi connectivity index (χ2v) is 6.65. The summed E-state index contributed by atoms with van der Waals surface area (Å²) in [5.74, 6) is 1.65. The number of anilines is 1. The van der Waals surface area contributed by atoms with Gasteiger partial charge in [-0.15, -0.1) is 11.8 Å². The van der Waals surface area contributed by atoms with Crippen LogP contribution in [0.3, 0.4) is 0 Å². The molecule has 7 heteroatoms. The summed E-state index contributed by atoms with van der Waals surface area (Å²) >= 11 is 1.59. The number of hydrogen-bond donors (Lipinski definition) is 1. The second-order valence-electron chi connectivity index (χ2n) is 5.52. The first-order valence-corrected chi connectivity index (χ1v) is 9.15. The van der Waals surface area contributed by atoms with Gasteiger partial charge in [-0.3, -0.25) is 4.79 Å². The van der Waals surface area contributed by atoms with Crippen LogP contribution in [0.4, 0.5) is 5.69 Å². The SMILES string of the molecule is COc1ccc(OCCOC(=O)c2ccc3c(c2)NC(=O)CCS3)cc1. The summed E-state index contributed by atoms with van der Waals surface area (Å²) in [5.41, 5.74) is 1.05. The maximum absolute atomic E-state index is 12.2. The molecule has 136 valence electrons. The van der Waals surface area contributed by atoms with Gasteiger partial charge < -0.3 is 19.5 Å². The van der Waals surface area contributed by atoms with Gasteiger partial charge in [0.05, 0.1) is 18.4 Å². The number of methoxy groups -OCH3 is 1. The van der Waals surface area contributed by atoms with Crippen molar-refractivity contribution in [2.24, 2.45) is 0 Å². The van der Waals surface area contributed by atoms with E-state index in [1.54, 1.807) is 55.3 Å². The zero-order valence-corrected chi connectivity index (χ0v) is 15.1. The van der Waals surface area contributed by atoms with E-state index in [1.165, 1.54) is 0 Å². The summed E-state index contributed by atoms with van der Waals surface area (Å²) in [5, 5.41) is 2.81. The number of rotatable bonds is 6. The lowest BCUT2D eigenvalue weighted by atomic mass is 10.2. The van der Waals surface area contributed by atoms with Gasteiger partial charge in [0.1, 0.15) is 24.7 Å². The lowest BCUT2D eigenvalue weighted by molar-refractivity contribution is -0.115. The summed E-state index contributed by atoms with van der Waals surface area (Å²) in [6.07, 6.45) is 0.460. The number of fused-ring (bicyclic) bond motifs is 1. The van der Waals surface area contributed by atoms with Crippen molar-refractivity contribution < 1.29 is 23.8 Å². The number of esters is 1. The van der Waals surface area contributed by atoms with Crippen LogP contribution in [0.2, 0.25) is 0 Å². The zero-order valence-electron chi connectivity index (χ0n) is 14.3. The summed E-state index contributed by atoms with van der Waals surface area (Å²) < 4.78 is 15.8. The number of carbonyl (C=O) groups is 2. The second kappa shape index (κ2) is 8.62. The highest BCUT2D eigenvalue weighted by Gasteiger charge is 2.16. The van der Waals surface area contributed by atoms with Crippen LogP contribution in [-0.2, 0) is 9.53 Å². The van der Waals surface area contributed by atoms with Crippen LogP contribution in [0.5, 0.6) is 11.5 Å². The van der Waals surface area contributed by atoms with Crippen LogP contribution in [-0.4, -0.2) is 38.0 Å². The molecular weight excluding hydrogens is 354 g/mol. The van der Waals surface area contributed by atoms with Crippen molar-refractivity contribution in [1.82, 2.24) is 0 Å². The molecule has 2 aromatic carbocycles. The molecule has 0 atom stereocenters. The van der Waals surface area contributed by atoms with Crippen molar-refractivity contribution in [2.75, 3.05) is 31.4 Å². The molecule has 0 spiro atoms. The zero-order chi connectivity index (χ0) is 18.4. The first-order valence-electron chi connectivity index (χ1n) is 8.16. The van der Waals surface area contributed by atoms with E-state index >= 15 is 0 Å².